The van der Waals surface area contributed by atoms with Crippen molar-refractivity contribution in [2.75, 3.05) is 19.6 Å². The zero-order valence-corrected chi connectivity index (χ0v) is 7.56. The molecule has 2 unspecified atom stereocenters. The zero-order valence-electron chi connectivity index (χ0n) is 7.56. The fraction of sp³-hybridized carbons (Fsp3) is 0.875. The summed E-state index contributed by atoms with van der Waals surface area (Å²) in [6, 6.07) is 1.98. The largest absolute Gasteiger partial charge is 0.392 e. The summed E-state index contributed by atoms with van der Waals surface area (Å²) in [6.45, 7) is 4.42. The van der Waals surface area contributed by atoms with Crippen molar-refractivity contribution in [2.45, 2.75) is 26.1 Å². The highest BCUT2D eigenvalue weighted by Gasteiger charge is 2.09. The second-order valence-corrected chi connectivity index (χ2v) is 3.05. The van der Waals surface area contributed by atoms with Crippen LogP contribution in [0.1, 0.15) is 13.8 Å². The average molecular weight is 172 g/mol. The first-order chi connectivity index (χ1) is 5.56. The molecule has 0 heterocycles. The average Bonchev–Trinajstić information content (AvgIpc) is 1.84. The van der Waals surface area contributed by atoms with Crippen molar-refractivity contribution in [1.29, 1.82) is 5.26 Å². The van der Waals surface area contributed by atoms with Crippen LogP contribution in [0.25, 0.3) is 0 Å². The lowest BCUT2D eigenvalue weighted by molar-refractivity contribution is 0.0915. The molecule has 0 rings (SSSR count). The van der Waals surface area contributed by atoms with E-state index < -0.39 is 12.2 Å². The summed E-state index contributed by atoms with van der Waals surface area (Å²) >= 11 is 0. The third-order valence-electron chi connectivity index (χ3n) is 1.34. The first kappa shape index (κ1) is 11.4. The molecule has 0 fully saturated rings. The van der Waals surface area contributed by atoms with Crippen LogP contribution in [-0.4, -0.2) is 47.0 Å². The molecule has 0 aliphatic carbocycles. The Hall–Kier alpha value is -0.630. The van der Waals surface area contributed by atoms with Gasteiger partial charge in [0.25, 0.3) is 0 Å². The Kier molecular flexibility index (Phi) is 5.64. The van der Waals surface area contributed by atoms with Crippen LogP contribution >= 0.6 is 0 Å². The molecule has 70 valence electrons. The van der Waals surface area contributed by atoms with Crippen LogP contribution in [0.2, 0.25) is 0 Å². The van der Waals surface area contributed by atoms with Crippen LogP contribution in [-0.2, 0) is 0 Å². The number of nitrogens with zero attached hydrogens (tertiary/aromatic N) is 2. The molecule has 2 atom stereocenters. The molecule has 0 radical (unpaired) electrons. The first-order valence-corrected chi connectivity index (χ1v) is 4.01. The number of hydrogen-bond acceptors (Lipinski definition) is 4. The Morgan fingerprint density at radius 3 is 1.92 bits per heavy atom. The van der Waals surface area contributed by atoms with Crippen LogP contribution in [0.4, 0.5) is 0 Å². The number of hydrogen-bond donors (Lipinski definition) is 2. The lowest BCUT2D eigenvalue weighted by Gasteiger charge is -2.21. The Morgan fingerprint density at radius 1 is 1.25 bits per heavy atom. The van der Waals surface area contributed by atoms with Gasteiger partial charge in [-0.2, -0.15) is 5.26 Å². The van der Waals surface area contributed by atoms with Gasteiger partial charge in [-0.05, 0) is 13.8 Å². The highest BCUT2D eigenvalue weighted by Crippen LogP contribution is 1.94. The number of aliphatic hydroxyl groups excluding tert-OH is 2. The molecule has 4 heteroatoms. The van der Waals surface area contributed by atoms with Gasteiger partial charge in [-0.15, -0.1) is 0 Å². The number of aliphatic hydroxyl groups is 2. The Balaban J connectivity index is 3.79. The van der Waals surface area contributed by atoms with Gasteiger partial charge < -0.3 is 10.2 Å². The van der Waals surface area contributed by atoms with Crippen molar-refractivity contribution in [3.63, 3.8) is 0 Å². The summed E-state index contributed by atoms with van der Waals surface area (Å²) in [5.41, 5.74) is 0. The third-order valence-corrected chi connectivity index (χ3v) is 1.34. The summed E-state index contributed by atoms with van der Waals surface area (Å²) in [4.78, 5) is 1.72. The summed E-state index contributed by atoms with van der Waals surface area (Å²) < 4.78 is 0. The highest BCUT2D eigenvalue weighted by molar-refractivity contribution is 4.78. The summed E-state index contributed by atoms with van der Waals surface area (Å²) in [5.74, 6) is 0. The topological polar surface area (TPSA) is 67.5 Å². The minimum atomic E-state index is -0.461. The van der Waals surface area contributed by atoms with Gasteiger partial charge in [0.1, 0.15) is 0 Å². The Labute approximate surface area is 73.0 Å². The van der Waals surface area contributed by atoms with Crippen molar-refractivity contribution in [3.8, 4) is 6.07 Å². The number of rotatable bonds is 5. The lowest BCUT2D eigenvalue weighted by atomic mass is 10.3. The van der Waals surface area contributed by atoms with E-state index >= 15 is 0 Å². The molecular weight excluding hydrogens is 156 g/mol. The Morgan fingerprint density at radius 2 is 1.67 bits per heavy atom. The van der Waals surface area contributed by atoms with Crippen LogP contribution in [0, 0.1) is 11.3 Å². The van der Waals surface area contributed by atoms with E-state index in [1.54, 1.807) is 18.7 Å². The van der Waals surface area contributed by atoms with Gasteiger partial charge in [-0.25, -0.2) is 0 Å². The maximum atomic E-state index is 9.03. The molecule has 0 aromatic heterocycles. The fourth-order valence-electron chi connectivity index (χ4n) is 1.05. The summed E-state index contributed by atoms with van der Waals surface area (Å²) in [7, 11) is 0. The molecule has 12 heavy (non-hydrogen) atoms. The van der Waals surface area contributed by atoms with Gasteiger partial charge in [-0.3, -0.25) is 4.90 Å². The SMILES string of the molecule is CC(O)CN(CC#N)CC(C)O. The minimum absolute atomic E-state index is 0.246. The maximum Gasteiger partial charge on any atom is 0.0867 e. The predicted octanol–water partition coefficient (Wildman–Crippen LogP) is -0.426. The monoisotopic (exact) mass is 172 g/mol. The van der Waals surface area contributed by atoms with Crippen molar-refractivity contribution >= 4 is 0 Å². The molecule has 0 saturated heterocycles. The number of nitriles is 1. The van der Waals surface area contributed by atoms with Gasteiger partial charge >= 0.3 is 0 Å². The molecular formula is C8H16N2O2. The molecule has 0 amide bonds. The van der Waals surface area contributed by atoms with Crippen molar-refractivity contribution in [3.05, 3.63) is 0 Å². The van der Waals surface area contributed by atoms with Crippen molar-refractivity contribution < 1.29 is 10.2 Å². The normalized spacial score (nSPS) is 15.7. The van der Waals surface area contributed by atoms with E-state index in [2.05, 4.69) is 0 Å². The predicted molar refractivity (Wildman–Crippen MR) is 45.4 cm³/mol. The van der Waals surface area contributed by atoms with E-state index in [1.165, 1.54) is 0 Å². The quantitative estimate of drug-likeness (QED) is 0.552. The van der Waals surface area contributed by atoms with Gasteiger partial charge in [0, 0.05) is 13.1 Å². The molecule has 0 aromatic carbocycles. The third kappa shape index (κ3) is 6.10. The van der Waals surface area contributed by atoms with E-state index in [0.717, 1.165) is 0 Å². The van der Waals surface area contributed by atoms with E-state index in [1.807, 2.05) is 6.07 Å². The standard InChI is InChI=1S/C8H16N2O2/c1-7(11)5-10(4-3-9)6-8(2)12/h7-8,11-12H,4-6H2,1-2H3. The van der Waals surface area contributed by atoms with Gasteiger partial charge in [0.2, 0.25) is 0 Å². The summed E-state index contributed by atoms with van der Waals surface area (Å²) in [6.07, 6.45) is -0.922. The molecule has 0 aromatic rings. The van der Waals surface area contributed by atoms with Gasteiger partial charge in [0.15, 0.2) is 0 Å². The zero-order chi connectivity index (χ0) is 9.56. The highest BCUT2D eigenvalue weighted by atomic mass is 16.3. The first-order valence-electron chi connectivity index (χ1n) is 4.01. The van der Waals surface area contributed by atoms with Gasteiger partial charge in [-0.1, -0.05) is 0 Å². The van der Waals surface area contributed by atoms with E-state index in [0.29, 0.717) is 13.1 Å². The molecule has 0 aliphatic rings. The van der Waals surface area contributed by atoms with E-state index in [9.17, 15) is 0 Å². The maximum absolute atomic E-state index is 9.03. The lowest BCUT2D eigenvalue weighted by Crippen LogP contribution is -2.36. The molecule has 0 bridgehead atoms. The van der Waals surface area contributed by atoms with Crippen LogP contribution < -0.4 is 0 Å². The second-order valence-electron chi connectivity index (χ2n) is 3.05. The second kappa shape index (κ2) is 5.95. The molecule has 2 N–H and O–H groups in total. The van der Waals surface area contributed by atoms with Gasteiger partial charge in [0.05, 0.1) is 24.8 Å². The fourth-order valence-corrected chi connectivity index (χ4v) is 1.05. The van der Waals surface area contributed by atoms with Crippen LogP contribution in [0.3, 0.4) is 0 Å². The Bertz CT molecular complexity index is 142. The molecule has 4 nitrogen and oxygen atoms in total. The van der Waals surface area contributed by atoms with E-state index in [-0.39, 0.29) is 6.54 Å². The van der Waals surface area contributed by atoms with Crippen molar-refractivity contribution in [1.82, 2.24) is 4.90 Å². The molecule has 0 saturated carbocycles. The van der Waals surface area contributed by atoms with Crippen molar-refractivity contribution in [2.24, 2.45) is 0 Å². The smallest absolute Gasteiger partial charge is 0.0867 e. The van der Waals surface area contributed by atoms with Crippen LogP contribution in [0.5, 0.6) is 0 Å². The molecule has 0 spiro atoms. The van der Waals surface area contributed by atoms with E-state index in [4.69, 9.17) is 15.5 Å². The summed E-state index contributed by atoms with van der Waals surface area (Å²) in [5, 5.41) is 26.5. The minimum Gasteiger partial charge on any atom is -0.392 e. The molecule has 0 aliphatic heterocycles. The van der Waals surface area contributed by atoms with Crippen LogP contribution in [0.15, 0.2) is 0 Å².